The third-order valence-electron chi connectivity index (χ3n) is 5.75. The Morgan fingerprint density at radius 2 is 1.74 bits per heavy atom. The second kappa shape index (κ2) is 6.41. The van der Waals surface area contributed by atoms with E-state index in [1.165, 1.54) is 0 Å². The number of rotatable bonds is 3. The molecule has 0 saturated heterocycles. The summed E-state index contributed by atoms with van der Waals surface area (Å²) in [5, 5.41) is 12.9. The van der Waals surface area contributed by atoms with Crippen molar-refractivity contribution in [3.05, 3.63) is 71.8 Å². The van der Waals surface area contributed by atoms with Gasteiger partial charge in [-0.05, 0) is 34.9 Å². The Hall–Kier alpha value is -2.81. The number of phenols is 1. The molecule has 1 aliphatic rings. The number of carbonyl (C=O) groups excluding carboxylic acids is 1. The van der Waals surface area contributed by atoms with Crippen molar-refractivity contribution in [2.75, 3.05) is 4.90 Å². The van der Waals surface area contributed by atoms with Gasteiger partial charge < -0.3 is 10.0 Å². The maximum absolute atomic E-state index is 13.2. The number of benzene rings is 3. The zero-order valence-electron chi connectivity index (χ0n) is 16.1. The van der Waals surface area contributed by atoms with Crippen LogP contribution in [-0.2, 0) is 10.2 Å². The number of para-hydroxylation sites is 1. The highest BCUT2D eigenvalue weighted by Gasteiger charge is 2.48. The highest BCUT2D eigenvalue weighted by atomic mass is 16.3. The second-order valence-corrected chi connectivity index (χ2v) is 7.87. The number of aromatic hydroxyl groups is 1. The molecule has 1 N–H and O–H groups in total. The monoisotopic (exact) mass is 359 g/mol. The van der Waals surface area contributed by atoms with E-state index in [1.807, 2.05) is 60.4 Å². The molecular formula is C24H25NO2. The minimum Gasteiger partial charge on any atom is -0.508 e. The lowest BCUT2D eigenvalue weighted by Crippen LogP contribution is -2.38. The lowest BCUT2D eigenvalue weighted by molar-refractivity contribution is -0.119. The Balaban J connectivity index is 2.01. The second-order valence-electron chi connectivity index (χ2n) is 7.87. The Labute approximate surface area is 160 Å². The Morgan fingerprint density at radius 3 is 2.52 bits per heavy atom. The number of hydrogen-bond donors (Lipinski definition) is 1. The van der Waals surface area contributed by atoms with Crippen molar-refractivity contribution >= 4 is 22.4 Å². The van der Waals surface area contributed by atoms with Crippen LogP contribution in [0.3, 0.4) is 0 Å². The molecule has 1 amide bonds. The van der Waals surface area contributed by atoms with Crippen molar-refractivity contribution in [3.63, 3.8) is 0 Å². The van der Waals surface area contributed by atoms with Crippen LogP contribution < -0.4 is 4.90 Å². The molecule has 0 saturated carbocycles. The fourth-order valence-corrected chi connectivity index (χ4v) is 4.51. The fourth-order valence-electron chi connectivity index (χ4n) is 4.51. The van der Waals surface area contributed by atoms with Crippen LogP contribution in [0.15, 0.2) is 60.7 Å². The molecule has 3 aromatic rings. The third-order valence-corrected chi connectivity index (χ3v) is 5.75. The molecule has 3 nitrogen and oxygen atoms in total. The van der Waals surface area contributed by atoms with Crippen LogP contribution in [-0.4, -0.2) is 11.0 Å². The van der Waals surface area contributed by atoms with Gasteiger partial charge in [-0.25, -0.2) is 0 Å². The van der Waals surface area contributed by atoms with E-state index in [0.29, 0.717) is 6.42 Å². The predicted molar refractivity (Wildman–Crippen MR) is 110 cm³/mol. The largest absolute Gasteiger partial charge is 0.508 e. The highest BCUT2D eigenvalue weighted by molar-refractivity contribution is 5.99. The molecule has 0 spiro atoms. The lowest BCUT2D eigenvalue weighted by Gasteiger charge is -2.35. The van der Waals surface area contributed by atoms with Crippen molar-refractivity contribution < 1.29 is 9.90 Å². The molecular weight excluding hydrogens is 334 g/mol. The zero-order valence-corrected chi connectivity index (χ0v) is 16.1. The van der Waals surface area contributed by atoms with E-state index in [1.54, 1.807) is 6.07 Å². The van der Waals surface area contributed by atoms with Gasteiger partial charge in [0.15, 0.2) is 0 Å². The normalized spacial score (nSPS) is 17.9. The molecule has 4 rings (SSSR count). The smallest absolute Gasteiger partial charge is 0.227 e. The van der Waals surface area contributed by atoms with E-state index in [-0.39, 0.29) is 23.1 Å². The molecule has 0 radical (unpaired) electrons. The summed E-state index contributed by atoms with van der Waals surface area (Å²) < 4.78 is 0. The first-order chi connectivity index (χ1) is 13.0. The van der Waals surface area contributed by atoms with Gasteiger partial charge in [0.1, 0.15) is 5.75 Å². The minimum atomic E-state index is -0.318. The maximum Gasteiger partial charge on any atom is 0.227 e. The SMILES string of the molecule is CCCC(=O)N1c2ccccc2C(C)(C)[C@H]1c1c(O)ccc2ccccc12. The van der Waals surface area contributed by atoms with Gasteiger partial charge in [-0.2, -0.15) is 0 Å². The topological polar surface area (TPSA) is 40.5 Å². The molecule has 1 atom stereocenters. The summed E-state index contributed by atoms with van der Waals surface area (Å²) in [5.74, 6) is 0.349. The average Bonchev–Trinajstić information content (AvgIpc) is 2.90. The van der Waals surface area contributed by atoms with Gasteiger partial charge in [-0.3, -0.25) is 4.79 Å². The van der Waals surface area contributed by atoms with Crippen LogP contribution >= 0.6 is 0 Å². The summed E-state index contributed by atoms with van der Waals surface area (Å²) in [6.07, 6.45) is 1.29. The number of hydrogen-bond acceptors (Lipinski definition) is 2. The van der Waals surface area contributed by atoms with Crippen molar-refractivity contribution in [1.29, 1.82) is 0 Å². The first-order valence-electron chi connectivity index (χ1n) is 9.59. The lowest BCUT2D eigenvalue weighted by atomic mass is 9.76. The van der Waals surface area contributed by atoms with Crippen LogP contribution in [0.2, 0.25) is 0 Å². The van der Waals surface area contributed by atoms with E-state index < -0.39 is 0 Å². The molecule has 0 aromatic heterocycles. The summed E-state index contributed by atoms with van der Waals surface area (Å²) in [7, 11) is 0. The maximum atomic E-state index is 13.2. The van der Waals surface area contributed by atoms with Crippen molar-refractivity contribution in [2.45, 2.75) is 45.1 Å². The van der Waals surface area contributed by atoms with Crippen molar-refractivity contribution in [2.24, 2.45) is 0 Å². The van der Waals surface area contributed by atoms with Crippen LogP contribution in [0.4, 0.5) is 5.69 Å². The van der Waals surface area contributed by atoms with Crippen LogP contribution in [0.25, 0.3) is 10.8 Å². The fraction of sp³-hybridized carbons (Fsp3) is 0.292. The number of carbonyl (C=O) groups is 1. The van der Waals surface area contributed by atoms with E-state index in [2.05, 4.69) is 19.9 Å². The third kappa shape index (κ3) is 2.61. The number of fused-ring (bicyclic) bond motifs is 2. The molecule has 1 aliphatic heterocycles. The molecule has 0 unspecified atom stereocenters. The number of amides is 1. The average molecular weight is 359 g/mol. The van der Waals surface area contributed by atoms with E-state index in [0.717, 1.165) is 34.0 Å². The summed E-state index contributed by atoms with van der Waals surface area (Å²) in [4.78, 5) is 15.1. The highest BCUT2D eigenvalue weighted by Crippen LogP contribution is 2.55. The minimum absolute atomic E-state index is 0.104. The summed E-state index contributed by atoms with van der Waals surface area (Å²) >= 11 is 0. The molecule has 3 aromatic carbocycles. The van der Waals surface area contributed by atoms with Crippen LogP contribution in [0.1, 0.15) is 50.8 Å². The summed E-state index contributed by atoms with van der Waals surface area (Å²) in [5.41, 5.74) is 2.62. The van der Waals surface area contributed by atoms with Gasteiger partial charge in [0.05, 0.1) is 6.04 Å². The van der Waals surface area contributed by atoms with Crippen molar-refractivity contribution in [3.8, 4) is 5.75 Å². The van der Waals surface area contributed by atoms with Crippen LogP contribution in [0, 0.1) is 0 Å². The van der Waals surface area contributed by atoms with E-state index >= 15 is 0 Å². The Bertz CT molecular complexity index is 1020. The Morgan fingerprint density at radius 1 is 1.04 bits per heavy atom. The first-order valence-corrected chi connectivity index (χ1v) is 9.59. The molecule has 27 heavy (non-hydrogen) atoms. The van der Waals surface area contributed by atoms with Crippen LogP contribution in [0.5, 0.6) is 5.75 Å². The standard InChI is InChI=1S/C24H25NO2/c1-4-9-21(27)25-19-13-8-7-12-18(19)24(2,3)23(25)22-17-11-6-5-10-16(17)14-15-20(22)26/h5-8,10-15,23,26H,4,9H2,1-3H3/t23-/m1/s1. The predicted octanol–water partition coefficient (Wildman–Crippen LogP) is 5.71. The molecule has 1 heterocycles. The van der Waals surface area contributed by atoms with E-state index in [9.17, 15) is 9.90 Å². The van der Waals surface area contributed by atoms with Gasteiger partial charge >= 0.3 is 0 Å². The molecule has 0 aliphatic carbocycles. The van der Waals surface area contributed by atoms with Gasteiger partial charge in [-0.1, -0.05) is 69.3 Å². The Kier molecular flexibility index (Phi) is 4.18. The van der Waals surface area contributed by atoms with E-state index in [4.69, 9.17) is 0 Å². The van der Waals surface area contributed by atoms with Gasteiger partial charge in [-0.15, -0.1) is 0 Å². The van der Waals surface area contributed by atoms with Gasteiger partial charge in [0, 0.05) is 23.1 Å². The molecule has 0 bridgehead atoms. The molecule has 138 valence electrons. The zero-order chi connectivity index (χ0) is 19.2. The first kappa shape index (κ1) is 17.6. The van der Waals surface area contributed by atoms with Gasteiger partial charge in [0.2, 0.25) is 5.91 Å². The quantitative estimate of drug-likeness (QED) is 0.650. The van der Waals surface area contributed by atoms with Crippen molar-refractivity contribution in [1.82, 2.24) is 0 Å². The van der Waals surface area contributed by atoms with Gasteiger partial charge in [0.25, 0.3) is 0 Å². The molecule has 3 heteroatoms. The molecule has 0 fully saturated rings. The number of anilines is 1. The summed E-state index contributed by atoms with van der Waals surface area (Å²) in [6, 6.07) is 19.6. The number of nitrogens with zero attached hydrogens (tertiary/aromatic N) is 1. The summed E-state index contributed by atoms with van der Waals surface area (Å²) in [6.45, 7) is 6.35. The number of phenolic OH excluding ortho intramolecular Hbond substituents is 1.